The van der Waals surface area contributed by atoms with Gasteiger partial charge in [-0.05, 0) is 13.3 Å². The van der Waals surface area contributed by atoms with Crippen LogP contribution in [0.25, 0.3) is 0 Å². The molecule has 1 saturated heterocycles. The van der Waals surface area contributed by atoms with Crippen molar-refractivity contribution in [1.82, 2.24) is 15.3 Å². The van der Waals surface area contributed by atoms with E-state index in [1.807, 2.05) is 6.92 Å². The van der Waals surface area contributed by atoms with E-state index in [2.05, 4.69) is 15.3 Å². The zero-order valence-electron chi connectivity index (χ0n) is 11.1. The van der Waals surface area contributed by atoms with Gasteiger partial charge in [0.05, 0.1) is 13.1 Å². The first-order chi connectivity index (χ1) is 9.01. The number of amides is 2. The van der Waals surface area contributed by atoms with Crippen LogP contribution in [0.1, 0.15) is 24.7 Å². The number of anilines is 2. The first-order valence-electron chi connectivity index (χ1n) is 6.22. The number of hydrogen-bond acceptors (Lipinski definition) is 6. The first-order valence-corrected chi connectivity index (χ1v) is 6.22. The fraction of sp³-hybridized carbons (Fsp3) is 0.500. The number of piperazine rings is 1. The highest BCUT2D eigenvalue weighted by Crippen LogP contribution is 2.22. The van der Waals surface area contributed by atoms with Gasteiger partial charge in [-0.1, -0.05) is 6.92 Å². The van der Waals surface area contributed by atoms with Gasteiger partial charge in [0.1, 0.15) is 17.5 Å². The smallest absolute Gasteiger partial charge is 0.246 e. The van der Waals surface area contributed by atoms with Crippen molar-refractivity contribution in [2.24, 2.45) is 0 Å². The molecule has 0 aromatic carbocycles. The predicted octanol–water partition coefficient (Wildman–Crippen LogP) is -0.217. The number of nitrogen functional groups attached to an aromatic ring is 1. The molecule has 0 atom stereocenters. The lowest BCUT2D eigenvalue weighted by atomic mass is 10.2. The van der Waals surface area contributed by atoms with Crippen LogP contribution >= 0.6 is 0 Å². The molecular weight excluding hydrogens is 246 g/mol. The summed E-state index contributed by atoms with van der Waals surface area (Å²) in [6.07, 6.45) is 1.62. The Morgan fingerprint density at radius 3 is 2.47 bits per heavy atom. The van der Waals surface area contributed by atoms with Crippen molar-refractivity contribution in [3.05, 3.63) is 11.4 Å². The molecular formula is C12H17N5O2. The van der Waals surface area contributed by atoms with Gasteiger partial charge in [-0.3, -0.25) is 14.9 Å². The van der Waals surface area contributed by atoms with Crippen LogP contribution in [0.5, 0.6) is 0 Å². The molecule has 0 aliphatic carbocycles. The Labute approximate surface area is 111 Å². The summed E-state index contributed by atoms with van der Waals surface area (Å²) in [6, 6.07) is 0. The van der Waals surface area contributed by atoms with Crippen molar-refractivity contribution in [2.75, 3.05) is 23.7 Å². The van der Waals surface area contributed by atoms with E-state index in [0.29, 0.717) is 29.4 Å². The van der Waals surface area contributed by atoms with Crippen LogP contribution in [0.2, 0.25) is 0 Å². The van der Waals surface area contributed by atoms with Gasteiger partial charge < -0.3 is 10.6 Å². The second-order valence-corrected chi connectivity index (χ2v) is 4.55. The quantitative estimate of drug-likeness (QED) is 0.731. The van der Waals surface area contributed by atoms with E-state index in [1.165, 1.54) is 0 Å². The summed E-state index contributed by atoms with van der Waals surface area (Å²) in [5.41, 5.74) is 6.56. The van der Waals surface area contributed by atoms with Gasteiger partial charge in [-0.2, -0.15) is 0 Å². The molecule has 0 bridgehead atoms. The molecule has 0 saturated carbocycles. The second-order valence-electron chi connectivity index (χ2n) is 4.55. The highest BCUT2D eigenvalue weighted by atomic mass is 16.2. The minimum atomic E-state index is -0.329. The van der Waals surface area contributed by atoms with Crippen molar-refractivity contribution in [1.29, 1.82) is 0 Å². The van der Waals surface area contributed by atoms with Crippen LogP contribution in [-0.2, 0) is 16.0 Å². The molecule has 19 heavy (non-hydrogen) atoms. The monoisotopic (exact) mass is 263 g/mol. The van der Waals surface area contributed by atoms with Crippen LogP contribution in [0.3, 0.4) is 0 Å². The van der Waals surface area contributed by atoms with Crippen LogP contribution in [0, 0.1) is 6.92 Å². The number of nitrogens with zero attached hydrogens (tertiary/aromatic N) is 3. The lowest BCUT2D eigenvalue weighted by Crippen LogP contribution is -2.52. The fourth-order valence-electron chi connectivity index (χ4n) is 2.00. The van der Waals surface area contributed by atoms with Crippen LogP contribution < -0.4 is 16.0 Å². The Bertz CT molecular complexity index is 513. The Morgan fingerprint density at radius 2 is 1.89 bits per heavy atom. The Kier molecular flexibility index (Phi) is 3.64. The molecule has 0 unspecified atom stereocenters. The number of imide groups is 1. The van der Waals surface area contributed by atoms with Crippen molar-refractivity contribution in [3.8, 4) is 0 Å². The molecule has 1 aromatic heterocycles. The Balaban J connectivity index is 2.37. The minimum absolute atomic E-state index is 0.106. The number of hydrogen-bond donors (Lipinski definition) is 2. The zero-order chi connectivity index (χ0) is 14.0. The van der Waals surface area contributed by atoms with Gasteiger partial charge >= 0.3 is 0 Å². The van der Waals surface area contributed by atoms with Gasteiger partial charge in [0.25, 0.3) is 0 Å². The highest BCUT2D eigenvalue weighted by molar-refractivity contribution is 6.02. The number of aromatic nitrogens is 2. The van der Waals surface area contributed by atoms with Crippen LogP contribution in [0.15, 0.2) is 0 Å². The maximum absolute atomic E-state index is 11.4. The number of nitrogens with one attached hydrogen (secondary N) is 1. The molecule has 7 heteroatoms. The highest BCUT2D eigenvalue weighted by Gasteiger charge is 2.25. The third kappa shape index (κ3) is 2.81. The maximum Gasteiger partial charge on any atom is 0.246 e. The van der Waals surface area contributed by atoms with Crippen LogP contribution in [0.4, 0.5) is 11.6 Å². The Hall–Kier alpha value is -2.18. The van der Waals surface area contributed by atoms with Crippen molar-refractivity contribution < 1.29 is 9.59 Å². The fourth-order valence-corrected chi connectivity index (χ4v) is 2.00. The van der Waals surface area contributed by atoms with Crippen molar-refractivity contribution >= 4 is 23.5 Å². The summed E-state index contributed by atoms with van der Waals surface area (Å²) in [5, 5.41) is 2.26. The van der Waals surface area contributed by atoms with Gasteiger partial charge in [0, 0.05) is 12.0 Å². The molecule has 102 valence electrons. The average molecular weight is 263 g/mol. The lowest BCUT2D eigenvalue weighted by molar-refractivity contribution is -0.130. The molecule has 0 spiro atoms. The summed E-state index contributed by atoms with van der Waals surface area (Å²) >= 11 is 0. The van der Waals surface area contributed by atoms with Gasteiger partial charge in [-0.25, -0.2) is 9.97 Å². The SMILES string of the molecule is CCCc1nc(N)c(C)c(N2CC(=O)NC(=O)C2)n1. The number of aryl methyl sites for hydroxylation is 1. The van der Waals surface area contributed by atoms with E-state index in [1.54, 1.807) is 11.8 Å². The number of carbonyl (C=O) groups is 2. The number of carbonyl (C=O) groups excluding carboxylic acids is 2. The molecule has 2 rings (SSSR count). The third-order valence-corrected chi connectivity index (χ3v) is 2.93. The van der Waals surface area contributed by atoms with Gasteiger partial charge in [0.2, 0.25) is 11.8 Å². The minimum Gasteiger partial charge on any atom is -0.383 e. The second kappa shape index (κ2) is 5.21. The number of nitrogens with two attached hydrogens (primary N) is 1. The molecule has 7 nitrogen and oxygen atoms in total. The van der Waals surface area contributed by atoms with Crippen molar-refractivity contribution in [2.45, 2.75) is 26.7 Å². The molecule has 1 aliphatic rings. The molecule has 1 aliphatic heterocycles. The van der Waals surface area contributed by atoms with E-state index in [0.717, 1.165) is 6.42 Å². The topological polar surface area (TPSA) is 101 Å². The molecule has 1 aromatic rings. The average Bonchev–Trinajstić information content (AvgIpc) is 2.32. The largest absolute Gasteiger partial charge is 0.383 e. The molecule has 1 fully saturated rings. The zero-order valence-corrected chi connectivity index (χ0v) is 11.1. The van der Waals surface area contributed by atoms with Crippen molar-refractivity contribution in [3.63, 3.8) is 0 Å². The lowest BCUT2D eigenvalue weighted by Gasteiger charge is -2.28. The van der Waals surface area contributed by atoms with Gasteiger partial charge in [-0.15, -0.1) is 0 Å². The van der Waals surface area contributed by atoms with E-state index in [4.69, 9.17) is 5.73 Å². The van der Waals surface area contributed by atoms with E-state index in [-0.39, 0.29) is 24.9 Å². The maximum atomic E-state index is 11.4. The van der Waals surface area contributed by atoms with E-state index in [9.17, 15) is 9.59 Å². The van der Waals surface area contributed by atoms with E-state index >= 15 is 0 Å². The summed E-state index contributed by atoms with van der Waals surface area (Å²) in [4.78, 5) is 33.1. The third-order valence-electron chi connectivity index (χ3n) is 2.93. The molecule has 0 radical (unpaired) electrons. The summed E-state index contributed by atoms with van der Waals surface area (Å²) in [6.45, 7) is 4.03. The Morgan fingerprint density at radius 1 is 1.26 bits per heavy atom. The van der Waals surface area contributed by atoms with E-state index < -0.39 is 0 Å². The molecule has 3 N–H and O–H groups in total. The predicted molar refractivity (Wildman–Crippen MR) is 70.5 cm³/mol. The number of rotatable bonds is 3. The normalized spacial score (nSPS) is 15.6. The summed E-state index contributed by atoms with van der Waals surface area (Å²) in [7, 11) is 0. The van der Waals surface area contributed by atoms with Crippen LogP contribution in [-0.4, -0.2) is 34.9 Å². The standard InChI is InChI=1S/C12H17N5O2/c1-3-4-8-14-11(13)7(2)12(15-8)17-5-9(18)16-10(19)6-17/h3-6H2,1-2H3,(H2,13,14,15)(H,16,18,19). The van der Waals surface area contributed by atoms with Gasteiger partial charge in [0.15, 0.2) is 0 Å². The molecule has 2 amide bonds. The summed E-state index contributed by atoms with van der Waals surface area (Å²) < 4.78 is 0. The first kappa shape index (κ1) is 13.3. The molecule has 2 heterocycles. The summed E-state index contributed by atoms with van der Waals surface area (Å²) in [5.74, 6) is 0.944.